The molecule has 6 nitrogen and oxygen atoms in total. The van der Waals surface area contributed by atoms with Crippen molar-refractivity contribution < 1.29 is 22.1 Å². The number of carbonyl (C=O) groups is 1. The Labute approximate surface area is 141 Å². The zero-order chi connectivity index (χ0) is 17.9. The summed E-state index contributed by atoms with van der Waals surface area (Å²) in [5.74, 6) is 0.573. The number of nitrogens with one attached hydrogen (secondary N) is 1. The van der Waals surface area contributed by atoms with Gasteiger partial charge in [0.1, 0.15) is 16.4 Å². The molecular weight excluding hydrogens is 330 g/mol. The number of carbonyl (C=O) groups excluding carboxylic acids is 1. The molecule has 24 heavy (non-hydrogen) atoms. The van der Waals surface area contributed by atoms with Crippen molar-refractivity contribution in [1.29, 1.82) is 0 Å². The largest absolute Gasteiger partial charge is 0.496 e. The Hall–Kier alpha value is -2.54. The fourth-order valence-corrected chi connectivity index (χ4v) is 3.45. The molecule has 0 radical (unpaired) electrons. The van der Waals surface area contributed by atoms with E-state index in [9.17, 15) is 13.2 Å². The lowest BCUT2D eigenvalue weighted by Gasteiger charge is -2.13. The average Bonchev–Trinajstić information content (AvgIpc) is 2.50. The molecule has 2 aromatic rings. The maximum atomic E-state index is 12.5. The molecule has 0 aliphatic carbocycles. The van der Waals surface area contributed by atoms with Crippen molar-refractivity contribution in [2.45, 2.75) is 25.7 Å². The average molecular weight is 349 g/mol. The first-order chi connectivity index (χ1) is 11.2. The summed E-state index contributed by atoms with van der Waals surface area (Å²) in [6.07, 6.45) is 0. The van der Waals surface area contributed by atoms with Crippen LogP contribution in [0, 0.1) is 13.8 Å². The minimum absolute atomic E-state index is 0.0896. The highest BCUT2D eigenvalue weighted by Gasteiger charge is 2.21. The summed E-state index contributed by atoms with van der Waals surface area (Å²) >= 11 is 0. The zero-order valence-corrected chi connectivity index (χ0v) is 14.7. The minimum Gasteiger partial charge on any atom is -0.496 e. The van der Waals surface area contributed by atoms with Gasteiger partial charge in [0.15, 0.2) is 0 Å². The molecule has 0 unspecified atom stereocenters. The molecule has 0 aliphatic rings. The maximum Gasteiger partial charge on any atom is 0.339 e. The first-order valence-corrected chi connectivity index (χ1v) is 8.61. The van der Waals surface area contributed by atoms with Gasteiger partial charge in [-0.1, -0.05) is 0 Å². The molecule has 0 atom stereocenters. The summed E-state index contributed by atoms with van der Waals surface area (Å²) in [5, 5.41) is 2.60. The predicted octanol–water partition coefficient (Wildman–Crippen LogP) is 3.04. The number of rotatable bonds is 5. The van der Waals surface area contributed by atoms with E-state index in [2.05, 4.69) is 5.32 Å². The zero-order valence-electron chi connectivity index (χ0n) is 13.9. The van der Waals surface area contributed by atoms with Crippen molar-refractivity contribution in [2.24, 2.45) is 0 Å². The van der Waals surface area contributed by atoms with Gasteiger partial charge >= 0.3 is 10.1 Å². The molecule has 2 rings (SSSR count). The number of amides is 1. The standard InChI is InChI=1S/C17H19NO5S/c1-11-10-17(12(2)9-16(11)22-4)24(20,21)23-15-7-5-14(6-8-15)18-13(3)19/h5-10H,1-4H3,(H,18,19). The van der Waals surface area contributed by atoms with Gasteiger partial charge in [0.25, 0.3) is 0 Å². The van der Waals surface area contributed by atoms with E-state index in [0.717, 1.165) is 0 Å². The van der Waals surface area contributed by atoms with Crippen LogP contribution in [0.15, 0.2) is 41.3 Å². The number of aryl methyl sites for hydroxylation is 2. The molecule has 1 amide bonds. The molecule has 0 fully saturated rings. The van der Waals surface area contributed by atoms with Gasteiger partial charge in [-0.25, -0.2) is 0 Å². The Bertz CT molecular complexity index is 857. The van der Waals surface area contributed by atoms with Gasteiger partial charge in [-0.15, -0.1) is 0 Å². The second-order valence-electron chi connectivity index (χ2n) is 5.33. The van der Waals surface area contributed by atoms with E-state index in [4.69, 9.17) is 8.92 Å². The van der Waals surface area contributed by atoms with E-state index in [-0.39, 0.29) is 16.6 Å². The van der Waals surface area contributed by atoms with Crippen molar-refractivity contribution in [1.82, 2.24) is 0 Å². The molecule has 128 valence electrons. The molecule has 0 aliphatic heterocycles. The van der Waals surface area contributed by atoms with Gasteiger partial charge in [-0.05, 0) is 61.4 Å². The third kappa shape index (κ3) is 4.05. The van der Waals surface area contributed by atoms with Crippen LogP contribution < -0.4 is 14.2 Å². The van der Waals surface area contributed by atoms with Gasteiger partial charge in [0, 0.05) is 12.6 Å². The summed E-state index contributed by atoms with van der Waals surface area (Å²) in [7, 11) is -2.44. The normalized spacial score (nSPS) is 11.0. The van der Waals surface area contributed by atoms with Crippen LogP contribution in [0.3, 0.4) is 0 Å². The highest BCUT2D eigenvalue weighted by Crippen LogP contribution is 2.28. The summed E-state index contributed by atoms with van der Waals surface area (Å²) < 4.78 is 35.4. The SMILES string of the molecule is COc1cc(C)c(S(=O)(=O)Oc2ccc(NC(C)=O)cc2)cc1C. The van der Waals surface area contributed by atoms with Gasteiger partial charge in [0.2, 0.25) is 5.91 Å². The van der Waals surface area contributed by atoms with Crippen molar-refractivity contribution >= 4 is 21.7 Å². The van der Waals surface area contributed by atoms with Gasteiger partial charge in [-0.3, -0.25) is 4.79 Å². The lowest BCUT2D eigenvalue weighted by molar-refractivity contribution is -0.114. The van der Waals surface area contributed by atoms with Crippen molar-refractivity contribution in [3.63, 3.8) is 0 Å². The minimum atomic E-state index is -3.97. The van der Waals surface area contributed by atoms with E-state index in [1.54, 1.807) is 32.0 Å². The Kier molecular flexibility index (Phi) is 5.14. The summed E-state index contributed by atoms with van der Waals surface area (Å²) in [6, 6.07) is 9.28. The van der Waals surface area contributed by atoms with Crippen LogP contribution in [-0.2, 0) is 14.9 Å². The van der Waals surface area contributed by atoms with Gasteiger partial charge in [-0.2, -0.15) is 8.42 Å². The Morgan fingerprint density at radius 1 is 1.04 bits per heavy atom. The molecule has 0 saturated heterocycles. The molecule has 7 heteroatoms. The Morgan fingerprint density at radius 3 is 2.21 bits per heavy atom. The molecule has 0 bridgehead atoms. The molecule has 1 N–H and O–H groups in total. The van der Waals surface area contributed by atoms with Gasteiger partial charge < -0.3 is 14.2 Å². The lowest BCUT2D eigenvalue weighted by atomic mass is 10.1. The highest BCUT2D eigenvalue weighted by atomic mass is 32.2. The van der Waals surface area contributed by atoms with Crippen LogP contribution in [0.4, 0.5) is 5.69 Å². The summed E-state index contributed by atoms with van der Waals surface area (Å²) in [5.41, 5.74) is 1.79. The van der Waals surface area contributed by atoms with Crippen LogP contribution in [0.1, 0.15) is 18.1 Å². The smallest absolute Gasteiger partial charge is 0.339 e. The molecular formula is C17H19NO5S. The third-order valence-electron chi connectivity index (χ3n) is 3.34. The first kappa shape index (κ1) is 17.8. The fraction of sp³-hybridized carbons (Fsp3) is 0.235. The molecule has 0 heterocycles. The first-order valence-electron chi connectivity index (χ1n) is 7.20. The van der Waals surface area contributed by atoms with Crippen LogP contribution in [-0.4, -0.2) is 21.4 Å². The van der Waals surface area contributed by atoms with Crippen molar-refractivity contribution in [3.8, 4) is 11.5 Å². The Morgan fingerprint density at radius 2 is 1.67 bits per heavy atom. The molecule has 0 aromatic heterocycles. The van der Waals surface area contributed by atoms with Crippen LogP contribution in [0.5, 0.6) is 11.5 Å². The van der Waals surface area contributed by atoms with E-state index < -0.39 is 10.1 Å². The van der Waals surface area contributed by atoms with E-state index in [1.807, 2.05) is 0 Å². The second-order valence-corrected chi connectivity index (χ2v) is 6.85. The maximum absolute atomic E-state index is 12.5. The van der Waals surface area contributed by atoms with E-state index >= 15 is 0 Å². The quantitative estimate of drug-likeness (QED) is 0.839. The fourth-order valence-electron chi connectivity index (χ4n) is 2.22. The Balaban J connectivity index is 2.28. The van der Waals surface area contributed by atoms with E-state index in [1.165, 1.54) is 32.2 Å². The molecule has 0 saturated carbocycles. The summed E-state index contributed by atoms with van der Waals surface area (Å²) in [6.45, 7) is 4.83. The monoisotopic (exact) mass is 349 g/mol. The number of hydrogen-bond donors (Lipinski definition) is 1. The number of benzene rings is 2. The van der Waals surface area contributed by atoms with Crippen LogP contribution in [0.25, 0.3) is 0 Å². The number of methoxy groups -OCH3 is 1. The van der Waals surface area contributed by atoms with Gasteiger partial charge in [0.05, 0.1) is 7.11 Å². The number of hydrogen-bond acceptors (Lipinski definition) is 5. The third-order valence-corrected chi connectivity index (χ3v) is 4.73. The number of anilines is 1. The van der Waals surface area contributed by atoms with E-state index in [0.29, 0.717) is 22.6 Å². The topological polar surface area (TPSA) is 81.7 Å². The van der Waals surface area contributed by atoms with Crippen molar-refractivity contribution in [2.75, 3.05) is 12.4 Å². The lowest BCUT2D eigenvalue weighted by Crippen LogP contribution is -2.12. The summed E-state index contributed by atoms with van der Waals surface area (Å²) in [4.78, 5) is 11.1. The predicted molar refractivity (Wildman–Crippen MR) is 91.0 cm³/mol. The number of ether oxygens (including phenoxy) is 1. The van der Waals surface area contributed by atoms with Crippen molar-refractivity contribution in [3.05, 3.63) is 47.5 Å². The second kappa shape index (κ2) is 6.92. The van der Waals surface area contributed by atoms with Crippen LogP contribution >= 0.6 is 0 Å². The molecule has 0 spiro atoms. The molecule has 2 aromatic carbocycles. The van der Waals surface area contributed by atoms with Crippen LogP contribution in [0.2, 0.25) is 0 Å². The highest BCUT2D eigenvalue weighted by molar-refractivity contribution is 7.87.